The standard InChI is InChI=1S/C19H28N2O3/c1-20(19(23)15-7-9-17(24-2)10-8-15)18(14-5-3-4-6-14)13-21-11-16(22)12-21/h7-10,14,16,18,22H,3-6,11-13H2,1-2H3/t18-/m0/s1. The first-order valence-corrected chi connectivity index (χ1v) is 8.90. The highest BCUT2D eigenvalue weighted by Crippen LogP contribution is 2.31. The van der Waals surface area contributed by atoms with Crippen molar-refractivity contribution in [2.75, 3.05) is 33.8 Å². The molecule has 5 heteroatoms. The predicted molar refractivity (Wildman–Crippen MR) is 93.3 cm³/mol. The minimum atomic E-state index is -0.197. The first-order valence-electron chi connectivity index (χ1n) is 8.90. The lowest BCUT2D eigenvalue weighted by atomic mass is 9.94. The highest BCUT2D eigenvalue weighted by molar-refractivity contribution is 5.94. The molecule has 0 spiro atoms. The number of nitrogens with zero attached hydrogens (tertiary/aromatic N) is 2. The minimum absolute atomic E-state index is 0.0654. The molecule has 1 heterocycles. The number of aliphatic hydroxyl groups excluding tert-OH is 1. The van der Waals surface area contributed by atoms with Crippen LogP contribution in [0.15, 0.2) is 24.3 Å². The van der Waals surface area contributed by atoms with Crippen molar-refractivity contribution < 1.29 is 14.6 Å². The molecule has 1 aromatic rings. The van der Waals surface area contributed by atoms with E-state index in [2.05, 4.69) is 4.90 Å². The van der Waals surface area contributed by atoms with E-state index >= 15 is 0 Å². The molecule has 0 aromatic heterocycles. The summed E-state index contributed by atoms with van der Waals surface area (Å²) in [5, 5.41) is 9.54. The summed E-state index contributed by atoms with van der Waals surface area (Å²) in [5.74, 6) is 1.39. The van der Waals surface area contributed by atoms with Gasteiger partial charge in [0.25, 0.3) is 5.91 Å². The lowest BCUT2D eigenvalue weighted by Crippen LogP contribution is -2.57. The van der Waals surface area contributed by atoms with Crippen molar-refractivity contribution >= 4 is 5.91 Å². The van der Waals surface area contributed by atoms with Crippen LogP contribution in [-0.2, 0) is 0 Å². The van der Waals surface area contributed by atoms with Gasteiger partial charge in [-0.05, 0) is 43.0 Å². The van der Waals surface area contributed by atoms with E-state index < -0.39 is 0 Å². The van der Waals surface area contributed by atoms with Crippen molar-refractivity contribution in [3.63, 3.8) is 0 Å². The molecule has 2 aliphatic rings. The zero-order valence-electron chi connectivity index (χ0n) is 14.6. The van der Waals surface area contributed by atoms with Crippen LogP contribution in [-0.4, -0.2) is 66.8 Å². The van der Waals surface area contributed by atoms with Gasteiger partial charge in [0.1, 0.15) is 5.75 Å². The second kappa shape index (κ2) is 7.53. The molecular weight excluding hydrogens is 304 g/mol. The van der Waals surface area contributed by atoms with Crippen LogP contribution >= 0.6 is 0 Å². The molecule has 0 unspecified atom stereocenters. The minimum Gasteiger partial charge on any atom is -0.497 e. The van der Waals surface area contributed by atoms with Gasteiger partial charge in [0.15, 0.2) is 0 Å². The molecule has 3 rings (SSSR count). The second-order valence-corrected chi connectivity index (χ2v) is 7.13. The molecule has 1 aliphatic carbocycles. The van der Waals surface area contributed by atoms with Gasteiger partial charge in [-0.3, -0.25) is 9.69 Å². The van der Waals surface area contributed by atoms with Gasteiger partial charge < -0.3 is 14.7 Å². The van der Waals surface area contributed by atoms with Crippen molar-refractivity contribution in [2.24, 2.45) is 5.92 Å². The van der Waals surface area contributed by atoms with Crippen molar-refractivity contribution in [1.29, 1.82) is 0 Å². The maximum atomic E-state index is 12.9. The van der Waals surface area contributed by atoms with Gasteiger partial charge in [-0.2, -0.15) is 0 Å². The van der Waals surface area contributed by atoms with Crippen LogP contribution in [0.1, 0.15) is 36.0 Å². The van der Waals surface area contributed by atoms with Crippen LogP contribution < -0.4 is 4.74 Å². The molecule has 1 saturated heterocycles. The normalized spacial score (nSPS) is 20.6. The van der Waals surface area contributed by atoms with Crippen LogP contribution in [0.5, 0.6) is 5.75 Å². The third-order valence-corrected chi connectivity index (χ3v) is 5.48. The molecule has 24 heavy (non-hydrogen) atoms. The number of hydrogen-bond acceptors (Lipinski definition) is 4. The maximum absolute atomic E-state index is 12.9. The van der Waals surface area contributed by atoms with Gasteiger partial charge in [0.05, 0.1) is 13.2 Å². The Morgan fingerprint density at radius 2 is 1.92 bits per heavy atom. The Morgan fingerprint density at radius 1 is 1.29 bits per heavy atom. The van der Waals surface area contributed by atoms with Gasteiger partial charge in [-0.15, -0.1) is 0 Å². The Morgan fingerprint density at radius 3 is 2.46 bits per heavy atom. The summed E-state index contributed by atoms with van der Waals surface area (Å²) in [5.41, 5.74) is 0.699. The van der Waals surface area contributed by atoms with E-state index in [-0.39, 0.29) is 18.1 Å². The molecular formula is C19H28N2O3. The Kier molecular flexibility index (Phi) is 5.41. The number of amides is 1. The molecule has 2 fully saturated rings. The lowest BCUT2D eigenvalue weighted by molar-refractivity contribution is -0.0166. The Hall–Kier alpha value is -1.59. The van der Waals surface area contributed by atoms with E-state index in [0.717, 1.165) is 25.4 Å². The quantitative estimate of drug-likeness (QED) is 0.866. The number of carbonyl (C=O) groups excluding carboxylic acids is 1. The fourth-order valence-electron chi connectivity index (χ4n) is 3.97. The van der Waals surface area contributed by atoms with Crippen molar-refractivity contribution in [3.05, 3.63) is 29.8 Å². The van der Waals surface area contributed by atoms with Crippen molar-refractivity contribution in [3.8, 4) is 5.75 Å². The number of ether oxygens (including phenoxy) is 1. The van der Waals surface area contributed by atoms with Gasteiger partial charge >= 0.3 is 0 Å². The summed E-state index contributed by atoms with van der Waals surface area (Å²) in [6.45, 7) is 2.32. The van der Waals surface area contributed by atoms with Crippen LogP contribution in [0.4, 0.5) is 0 Å². The Balaban J connectivity index is 1.70. The molecule has 1 aromatic carbocycles. The number of likely N-dealkylation sites (N-methyl/N-ethyl adjacent to an activating group) is 1. The zero-order valence-corrected chi connectivity index (χ0v) is 14.6. The van der Waals surface area contributed by atoms with Crippen LogP contribution in [0.3, 0.4) is 0 Å². The van der Waals surface area contributed by atoms with Gasteiger partial charge in [-0.25, -0.2) is 0 Å². The molecule has 1 amide bonds. The fourth-order valence-corrected chi connectivity index (χ4v) is 3.97. The molecule has 5 nitrogen and oxygen atoms in total. The molecule has 1 aliphatic heterocycles. The van der Waals surface area contributed by atoms with E-state index in [0.29, 0.717) is 11.5 Å². The summed E-state index contributed by atoms with van der Waals surface area (Å²) in [4.78, 5) is 17.1. The summed E-state index contributed by atoms with van der Waals surface area (Å²) >= 11 is 0. The second-order valence-electron chi connectivity index (χ2n) is 7.13. The van der Waals surface area contributed by atoms with Gasteiger partial charge in [-0.1, -0.05) is 12.8 Å². The Labute approximate surface area is 144 Å². The van der Waals surface area contributed by atoms with Gasteiger partial charge in [0, 0.05) is 38.3 Å². The average Bonchev–Trinajstić information content (AvgIpc) is 3.10. The van der Waals surface area contributed by atoms with E-state index in [1.54, 1.807) is 7.11 Å². The number of carbonyl (C=O) groups is 1. The number of rotatable bonds is 6. The molecule has 1 N–H and O–H groups in total. The fraction of sp³-hybridized carbons (Fsp3) is 0.632. The third kappa shape index (κ3) is 3.73. The molecule has 0 bridgehead atoms. The topological polar surface area (TPSA) is 53.0 Å². The highest BCUT2D eigenvalue weighted by atomic mass is 16.5. The number of likely N-dealkylation sites (tertiary alicyclic amines) is 1. The van der Waals surface area contributed by atoms with E-state index in [1.807, 2.05) is 36.2 Å². The lowest BCUT2D eigenvalue weighted by Gasteiger charge is -2.42. The number of hydrogen-bond donors (Lipinski definition) is 1. The number of β-amino-alcohol motifs (C(OH)–C–C–N with tert-alkyl or cyclic N) is 1. The molecule has 1 atom stereocenters. The smallest absolute Gasteiger partial charge is 0.253 e. The molecule has 132 valence electrons. The zero-order chi connectivity index (χ0) is 17.1. The number of aliphatic hydroxyl groups is 1. The summed E-state index contributed by atoms with van der Waals surface area (Å²) in [6, 6.07) is 7.54. The van der Waals surface area contributed by atoms with E-state index in [1.165, 1.54) is 25.7 Å². The monoisotopic (exact) mass is 332 g/mol. The molecule has 1 saturated carbocycles. The van der Waals surface area contributed by atoms with Crippen LogP contribution in [0.2, 0.25) is 0 Å². The van der Waals surface area contributed by atoms with E-state index in [9.17, 15) is 9.90 Å². The summed E-state index contributed by atoms with van der Waals surface area (Å²) < 4.78 is 5.17. The average molecular weight is 332 g/mol. The predicted octanol–water partition coefficient (Wildman–Crippen LogP) is 2.00. The SMILES string of the molecule is COc1ccc(C(=O)N(C)[C@@H](CN2CC(O)C2)C2CCCC2)cc1. The van der Waals surface area contributed by atoms with Gasteiger partial charge in [0.2, 0.25) is 0 Å². The van der Waals surface area contributed by atoms with E-state index in [4.69, 9.17) is 4.74 Å². The maximum Gasteiger partial charge on any atom is 0.253 e. The first-order chi connectivity index (χ1) is 11.6. The number of benzene rings is 1. The van der Waals surface area contributed by atoms with Crippen LogP contribution in [0, 0.1) is 5.92 Å². The first kappa shape index (κ1) is 17.2. The number of methoxy groups -OCH3 is 1. The summed E-state index contributed by atoms with van der Waals surface area (Å²) in [6.07, 6.45) is 4.71. The van der Waals surface area contributed by atoms with Crippen LogP contribution in [0.25, 0.3) is 0 Å². The van der Waals surface area contributed by atoms with Crippen molar-refractivity contribution in [2.45, 2.75) is 37.8 Å². The third-order valence-electron chi connectivity index (χ3n) is 5.48. The van der Waals surface area contributed by atoms with Crippen molar-refractivity contribution in [1.82, 2.24) is 9.80 Å². The molecule has 0 radical (unpaired) electrons. The Bertz CT molecular complexity index is 548. The largest absolute Gasteiger partial charge is 0.497 e. The highest BCUT2D eigenvalue weighted by Gasteiger charge is 2.35. The summed E-state index contributed by atoms with van der Waals surface area (Å²) in [7, 11) is 3.55.